The van der Waals surface area contributed by atoms with E-state index in [2.05, 4.69) is 10.3 Å². The lowest BCUT2D eigenvalue weighted by atomic mass is 10.1. The normalized spacial score (nSPS) is 10.8. The molecular formula is C23H24FN3O3. The molecular weight excluding hydrogens is 385 g/mol. The van der Waals surface area contributed by atoms with Crippen LogP contribution >= 0.6 is 0 Å². The Morgan fingerprint density at radius 2 is 1.97 bits per heavy atom. The predicted octanol–water partition coefficient (Wildman–Crippen LogP) is 3.09. The van der Waals surface area contributed by atoms with Crippen LogP contribution < -0.4 is 10.9 Å². The van der Waals surface area contributed by atoms with Gasteiger partial charge in [-0.2, -0.15) is 0 Å². The standard InChI is InChI=1S/C23H24FN3O3/c1-3-16-7-4-5-10-20(16)26-21(29)14-27-22(17-8-6-9-18(24)13-17)25-15(2)19(11-12-28)23(27)30/h4-10,13,28H,3,11-12,14H2,1-2H3,(H,26,29). The van der Waals surface area contributed by atoms with Gasteiger partial charge < -0.3 is 10.4 Å². The Morgan fingerprint density at radius 1 is 1.20 bits per heavy atom. The number of benzene rings is 2. The van der Waals surface area contributed by atoms with Crippen molar-refractivity contribution < 1.29 is 14.3 Å². The van der Waals surface area contributed by atoms with E-state index in [9.17, 15) is 19.1 Å². The summed E-state index contributed by atoms with van der Waals surface area (Å²) in [6.07, 6.45) is 0.874. The molecule has 0 fully saturated rings. The molecule has 0 aliphatic heterocycles. The third-order valence-corrected chi connectivity index (χ3v) is 4.89. The maximum absolute atomic E-state index is 13.8. The van der Waals surface area contributed by atoms with Gasteiger partial charge in [0.15, 0.2) is 0 Å². The quantitative estimate of drug-likeness (QED) is 0.628. The minimum Gasteiger partial charge on any atom is -0.396 e. The smallest absolute Gasteiger partial charge is 0.257 e. The summed E-state index contributed by atoms with van der Waals surface area (Å²) in [4.78, 5) is 30.4. The highest BCUT2D eigenvalue weighted by Crippen LogP contribution is 2.20. The lowest BCUT2D eigenvalue weighted by molar-refractivity contribution is -0.116. The zero-order valence-corrected chi connectivity index (χ0v) is 17.0. The second-order valence-electron chi connectivity index (χ2n) is 6.93. The van der Waals surface area contributed by atoms with Crippen LogP contribution in [0.2, 0.25) is 0 Å². The zero-order chi connectivity index (χ0) is 21.7. The summed E-state index contributed by atoms with van der Waals surface area (Å²) < 4.78 is 15.0. The number of halogens is 1. The van der Waals surface area contributed by atoms with Crippen LogP contribution in [0.25, 0.3) is 11.4 Å². The van der Waals surface area contributed by atoms with Crippen LogP contribution in [0.3, 0.4) is 0 Å². The molecule has 7 heteroatoms. The van der Waals surface area contributed by atoms with E-state index in [0.717, 1.165) is 12.0 Å². The molecule has 0 saturated heterocycles. The molecule has 1 aromatic heterocycles. The molecule has 2 aromatic carbocycles. The third-order valence-electron chi connectivity index (χ3n) is 4.89. The molecule has 0 spiro atoms. The fourth-order valence-corrected chi connectivity index (χ4v) is 3.38. The Balaban J connectivity index is 2.04. The molecule has 30 heavy (non-hydrogen) atoms. The number of hydrogen-bond donors (Lipinski definition) is 2. The monoisotopic (exact) mass is 409 g/mol. The number of aryl methyl sites for hydroxylation is 2. The van der Waals surface area contributed by atoms with E-state index in [-0.39, 0.29) is 25.4 Å². The number of nitrogens with zero attached hydrogens (tertiary/aromatic N) is 2. The van der Waals surface area contributed by atoms with Crippen LogP contribution in [-0.4, -0.2) is 27.2 Å². The van der Waals surface area contributed by atoms with E-state index < -0.39 is 17.3 Å². The van der Waals surface area contributed by atoms with Crippen molar-refractivity contribution in [3.8, 4) is 11.4 Å². The number of carbonyl (C=O) groups is 1. The van der Waals surface area contributed by atoms with E-state index in [1.165, 1.54) is 22.8 Å². The molecule has 0 unspecified atom stereocenters. The number of aliphatic hydroxyl groups is 1. The maximum atomic E-state index is 13.8. The molecule has 0 radical (unpaired) electrons. The molecule has 1 amide bonds. The van der Waals surface area contributed by atoms with Gasteiger partial charge in [-0.25, -0.2) is 9.37 Å². The first-order valence-electron chi connectivity index (χ1n) is 9.79. The lowest BCUT2D eigenvalue weighted by Gasteiger charge is -2.16. The van der Waals surface area contributed by atoms with Crippen LogP contribution in [0.5, 0.6) is 0 Å². The van der Waals surface area contributed by atoms with Gasteiger partial charge in [0.05, 0.1) is 0 Å². The number of aromatic nitrogens is 2. The summed E-state index contributed by atoms with van der Waals surface area (Å²) in [6.45, 7) is 3.15. The minimum absolute atomic E-state index is 0.126. The number of carbonyl (C=O) groups excluding carboxylic acids is 1. The first-order chi connectivity index (χ1) is 14.4. The minimum atomic E-state index is -0.466. The Bertz CT molecular complexity index is 1120. The molecule has 0 aliphatic rings. The highest BCUT2D eigenvalue weighted by Gasteiger charge is 2.18. The van der Waals surface area contributed by atoms with Crippen molar-refractivity contribution in [2.75, 3.05) is 11.9 Å². The summed E-state index contributed by atoms with van der Waals surface area (Å²) in [6, 6.07) is 13.2. The van der Waals surface area contributed by atoms with Gasteiger partial charge in [-0.3, -0.25) is 14.2 Å². The van der Waals surface area contributed by atoms with Crippen molar-refractivity contribution in [3.05, 3.63) is 81.5 Å². The van der Waals surface area contributed by atoms with Gasteiger partial charge in [0.1, 0.15) is 18.2 Å². The number of hydrogen-bond acceptors (Lipinski definition) is 4. The summed E-state index contributed by atoms with van der Waals surface area (Å²) in [5, 5.41) is 12.2. The number of para-hydroxylation sites is 1. The van der Waals surface area contributed by atoms with Crippen LogP contribution in [0.1, 0.15) is 23.7 Å². The molecule has 0 bridgehead atoms. The second kappa shape index (κ2) is 9.45. The average molecular weight is 409 g/mol. The van der Waals surface area contributed by atoms with Crippen LogP contribution in [0, 0.1) is 12.7 Å². The van der Waals surface area contributed by atoms with E-state index >= 15 is 0 Å². The van der Waals surface area contributed by atoms with Gasteiger partial charge in [0.2, 0.25) is 5.91 Å². The van der Waals surface area contributed by atoms with Gasteiger partial charge in [-0.15, -0.1) is 0 Å². The van der Waals surface area contributed by atoms with Crippen LogP contribution in [0.4, 0.5) is 10.1 Å². The van der Waals surface area contributed by atoms with Crippen molar-refractivity contribution in [3.63, 3.8) is 0 Å². The molecule has 1 heterocycles. The van der Waals surface area contributed by atoms with Gasteiger partial charge in [0.25, 0.3) is 5.56 Å². The SMILES string of the molecule is CCc1ccccc1NC(=O)Cn1c(-c2cccc(F)c2)nc(C)c(CCO)c1=O. The van der Waals surface area contributed by atoms with Crippen molar-refractivity contribution >= 4 is 11.6 Å². The molecule has 0 atom stereocenters. The molecule has 0 saturated carbocycles. The van der Waals surface area contributed by atoms with E-state index in [1.807, 2.05) is 25.1 Å². The van der Waals surface area contributed by atoms with Crippen molar-refractivity contribution in [2.45, 2.75) is 33.2 Å². The van der Waals surface area contributed by atoms with Crippen molar-refractivity contribution in [1.82, 2.24) is 9.55 Å². The Kier molecular flexibility index (Phi) is 6.74. The van der Waals surface area contributed by atoms with Crippen molar-refractivity contribution in [2.24, 2.45) is 0 Å². The summed E-state index contributed by atoms with van der Waals surface area (Å²) in [5.41, 5.74) is 2.41. The number of rotatable bonds is 7. The average Bonchev–Trinajstić information content (AvgIpc) is 2.73. The van der Waals surface area contributed by atoms with E-state index in [1.54, 1.807) is 19.1 Å². The van der Waals surface area contributed by atoms with E-state index in [4.69, 9.17) is 0 Å². The fraction of sp³-hybridized carbons (Fsp3) is 0.261. The van der Waals surface area contributed by atoms with Crippen LogP contribution in [0.15, 0.2) is 53.3 Å². The van der Waals surface area contributed by atoms with Crippen LogP contribution in [-0.2, 0) is 24.2 Å². The first kappa shape index (κ1) is 21.4. The Hall–Kier alpha value is -3.32. The lowest BCUT2D eigenvalue weighted by Crippen LogP contribution is -2.33. The van der Waals surface area contributed by atoms with Gasteiger partial charge in [-0.1, -0.05) is 37.3 Å². The fourth-order valence-electron chi connectivity index (χ4n) is 3.38. The summed E-state index contributed by atoms with van der Waals surface area (Å²) in [5.74, 6) is -0.652. The predicted molar refractivity (Wildman–Crippen MR) is 114 cm³/mol. The summed E-state index contributed by atoms with van der Waals surface area (Å²) >= 11 is 0. The number of amides is 1. The van der Waals surface area contributed by atoms with Crippen molar-refractivity contribution in [1.29, 1.82) is 0 Å². The van der Waals surface area contributed by atoms with Gasteiger partial charge in [-0.05, 0) is 37.1 Å². The number of nitrogens with one attached hydrogen (secondary N) is 1. The summed E-state index contributed by atoms with van der Waals surface area (Å²) in [7, 11) is 0. The second-order valence-corrected chi connectivity index (χ2v) is 6.93. The van der Waals surface area contributed by atoms with Gasteiger partial charge >= 0.3 is 0 Å². The third kappa shape index (κ3) is 4.63. The first-order valence-corrected chi connectivity index (χ1v) is 9.79. The molecule has 156 valence electrons. The Morgan fingerprint density at radius 3 is 2.67 bits per heavy atom. The zero-order valence-electron chi connectivity index (χ0n) is 17.0. The topological polar surface area (TPSA) is 84.2 Å². The Labute approximate surface area is 174 Å². The molecule has 3 aromatic rings. The molecule has 6 nitrogen and oxygen atoms in total. The molecule has 3 rings (SSSR count). The molecule has 0 aliphatic carbocycles. The highest BCUT2D eigenvalue weighted by molar-refractivity contribution is 5.91. The maximum Gasteiger partial charge on any atom is 0.257 e. The highest BCUT2D eigenvalue weighted by atomic mass is 19.1. The largest absolute Gasteiger partial charge is 0.396 e. The van der Waals surface area contributed by atoms with E-state index in [0.29, 0.717) is 22.5 Å². The number of aliphatic hydroxyl groups excluding tert-OH is 1. The number of anilines is 1. The molecule has 2 N–H and O–H groups in total. The van der Waals surface area contributed by atoms with Gasteiger partial charge in [0, 0.05) is 35.5 Å².